The van der Waals surface area contributed by atoms with Gasteiger partial charge in [0.25, 0.3) is 10.1 Å². The summed E-state index contributed by atoms with van der Waals surface area (Å²) in [6, 6.07) is 17.2. The number of anilines is 5. The summed E-state index contributed by atoms with van der Waals surface area (Å²) in [4.78, 5) is 14.2. The minimum Gasteiger partial charge on any atom is -0.507 e. The number of fused-ring (bicyclic) bond motifs is 1. The van der Waals surface area contributed by atoms with Crippen LogP contribution in [-0.4, -0.2) is 90.1 Å². The number of azo groups is 1. The Morgan fingerprint density at radius 1 is 0.900 bits per heavy atom. The molecule has 0 atom stereocenters. The smallest absolute Gasteiger partial charge is 0.397 e. The second-order valence-corrected chi connectivity index (χ2v) is 17.9. The Bertz CT molecular complexity index is 2640. The number of benzene rings is 4. The van der Waals surface area contributed by atoms with E-state index in [9.17, 15) is 34.9 Å². The molecule has 8 N–H and O–H groups in total. The van der Waals surface area contributed by atoms with E-state index in [0.29, 0.717) is 30.6 Å². The molecular formula is C30H31ClN8O16S5. The van der Waals surface area contributed by atoms with E-state index in [1.165, 1.54) is 30.3 Å². The third-order valence-electron chi connectivity index (χ3n) is 7.14. The van der Waals surface area contributed by atoms with Crippen LogP contribution in [0.1, 0.15) is 6.92 Å². The summed E-state index contributed by atoms with van der Waals surface area (Å²) < 4.78 is 96.2. The summed E-state index contributed by atoms with van der Waals surface area (Å²) >= 11 is 7.24. The number of nitrogens with one attached hydrogen (secondary N) is 1. The second-order valence-electron chi connectivity index (χ2n) is 11.3. The van der Waals surface area contributed by atoms with Gasteiger partial charge in [-0.1, -0.05) is 28.3 Å². The van der Waals surface area contributed by atoms with E-state index in [1.54, 1.807) is 4.90 Å². The van der Waals surface area contributed by atoms with Crippen molar-refractivity contribution in [1.29, 1.82) is 0 Å². The third kappa shape index (κ3) is 14.3. The fraction of sp³-hybridized carbons (Fsp3) is 0.167. The lowest BCUT2D eigenvalue weighted by Gasteiger charge is -2.21. The molecule has 5 rings (SSSR count). The molecule has 0 unspecified atom stereocenters. The van der Waals surface area contributed by atoms with Crippen molar-refractivity contribution in [3.63, 3.8) is 0 Å². The molecular weight excluding hydrogens is 924 g/mol. The van der Waals surface area contributed by atoms with Gasteiger partial charge in [0.1, 0.15) is 31.9 Å². The lowest BCUT2D eigenvalue weighted by atomic mass is 10.1. The van der Waals surface area contributed by atoms with Crippen LogP contribution in [0, 0.1) is 0 Å². The van der Waals surface area contributed by atoms with Gasteiger partial charge in [0.2, 0.25) is 17.2 Å². The Labute approximate surface area is 354 Å². The Kier molecular flexibility index (Phi) is 17.1. The first kappa shape index (κ1) is 48.1. The second kappa shape index (κ2) is 21.3. The summed E-state index contributed by atoms with van der Waals surface area (Å²) in [5, 5.41) is 46.4. The molecule has 30 heteroatoms. The van der Waals surface area contributed by atoms with E-state index in [0.717, 1.165) is 18.0 Å². The van der Waals surface area contributed by atoms with Gasteiger partial charge < -0.3 is 21.1 Å². The van der Waals surface area contributed by atoms with Gasteiger partial charge in [-0.2, -0.15) is 31.8 Å². The number of hydrogen-bond donors (Lipinski definition) is 7. The highest BCUT2D eigenvalue weighted by Gasteiger charge is 2.21. The quantitative estimate of drug-likeness (QED) is 0.0128. The number of aromatic hydroxyl groups is 1. The summed E-state index contributed by atoms with van der Waals surface area (Å²) in [7, 11) is -12.7. The maximum atomic E-state index is 12.5. The zero-order chi connectivity index (χ0) is 44.3. The van der Waals surface area contributed by atoms with E-state index in [4.69, 9.17) is 32.4 Å². The number of rotatable bonds is 18. The van der Waals surface area contributed by atoms with Gasteiger partial charge in [-0.05, 0) is 72.4 Å². The van der Waals surface area contributed by atoms with Gasteiger partial charge in [0, 0.05) is 29.1 Å². The Hall–Kier alpha value is -4.57. The minimum absolute atomic E-state index is 0.0216. The van der Waals surface area contributed by atoms with E-state index in [2.05, 4.69) is 53.4 Å². The fourth-order valence-electron chi connectivity index (χ4n) is 4.76. The molecule has 324 valence electrons. The van der Waals surface area contributed by atoms with Crippen LogP contribution in [0.2, 0.25) is 5.28 Å². The van der Waals surface area contributed by atoms with Crippen LogP contribution in [0.25, 0.3) is 10.8 Å². The topological polar surface area (TPSA) is 354 Å². The number of sulfone groups is 1. The summed E-state index contributed by atoms with van der Waals surface area (Å²) in [6.45, 7) is 1.83. The van der Waals surface area contributed by atoms with Crippen molar-refractivity contribution in [2.75, 3.05) is 41.1 Å². The molecule has 60 heavy (non-hydrogen) atoms. The number of hydrogen-bond acceptors (Lipinski definition) is 24. The Morgan fingerprint density at radius 3 is 2.20 bits per heavy atom. The van der Waals surface area contributed by atoms with Crippen molar-refractivity contribution in [2.45, 2.75) is 21.6 Å². The summed E-state index contributed by atoms with van der Waals surface area (Å²) in [6.07, 6.45) is 0.931. The number of para-hydroxylation sites is 1. The fourth-order valence-corrected chi connectivity index (χ4v) is 7.26. The SMILES string of the molecule is CCN(c1ccccc1)c1nc(Cl)nc(Nc2ccc(N=Nc3c(N)c(SOOO)cc4cc(SOOO)cc(O)c34)c(S(=O)(=O)O)c2)n1.CS(=O)(=O)CCOS(=O)(=O)O. The lowest BCUT2D eigenvalue weighted by molar-refractivity contribution is -0.432. The molecule has 0 aliphatic rings. The molecule has 24 nitrogen and oxygen atoms in total. The predicted molar refractivity (Wildman–Crippen MR) is 216 cm³/mol. The van der Waals surface area contributed by atoms with Crippen molar-refractivity contribution < 1.29 is 72.9 Å². The average molecular weight is 955 g/mol. The minimum atomic E-state index is -4.90. The van der Waals surface area contributed by atoms with Crippen molar-refractivity contribution in [2.24, 2.45) is 10.2 Å². The standard InChI is InChI=1S/C27H23ClN8O10S3.C3H8O6S2/c1-2-36(16-6-4-3-5-7-16)27-32-25(28)31-26(33-27)30-15-8-9-18(21(12-15)49(40,41)42)34-35-24-22-14(11-20(23(24)29)48-46-44-39)10-17(13-19(22)37)47-45-43-38;1-10(4,5)3-2-9-11(6,7)8/h3-13,37-39H,2,29H2,1H3,(H,40,41,42)(H,30,31,32,33);2-3H2,1H3,(H,6,7,8). The number of phenolic OH excluding ortho intramolecular Hbond substituents is 1. The zero-order valence-electron chi connectivity index (χ0n) is 30.4. The molecule has 0 fully saturated rings. The average Bonchev–Trinajstić information content (AvgIpc) is 3.16. The molecule has 0 saturated carbocycles. The number of phenols is 1. The molecule has 1 heterocycles. The van der Waals surface area contributed by atoms with E-state index in [1.807, 2.05) is 37.3 Å². The number of halogens is 1. The molecule has 4 aromatic carbocycles. The largest absolute Gasteiger partial charge is 0.507 e. The van der Waals surface area contributed by atoms with E-state index in [-0.39, 0.29) is 66.2 Å². The van der Waals surface area contributed by atoms with Crippen molar-refractivity contribution >= 4 is 117 Å². The van der Waals surface area contributed by atoms with Crippen molar-refractivity contribution in [3.05, 3.63) is 72.0 Å². The Morgan fingerprint density at radius 2 is 1.58 bits per heavy atom. The van der Waals surface area contributed by atoms with Gasteiger partial charge >= 0.3 is 10.4 Å². The van der Waals surface area contributed by atoms with E-state index < -0.39 is 47.6 Å². The Balaban J connectivity index is 0.000000633. The van der Waals surface area contributed by atoms with Crippen LogP contribution < -0.4 is 16.0 Å². The molecule has 0 aliphatic heterocycles. The van der Waals surface area contributed by atoms with Crippen LogP contribution in [0.3, 0.4) is 0 Å². The highest BCUT2D eigenvalue weighted by molar-refractivity contribution is 7.95. The predicted octanol–water partition coefficient (Wildman–Crippen LogP) is 6.24. The molecule has 0 spiro atoms. The first-order chi connectivity index (χ1) is 28.2. The molecule has 0 saturated heterocycles. The molecule has 0 amide bonds. The monoisotopic (exact) mass is 954 g/mol. The molecule has 0 radical (unpaired) electrons. The third-order valence-corrected chi connectivity index (χ3v) is 10.8. The zero-order valence-corrected chi connectivity index (χ0v) is 35.2. The maximum absolute atomic E-state index is 12.5. The molecule has 5 aromatic rings. The van der Waals surface area contributed by atoms with Gasteiger partial charge in [-0.3, -0.25) is 9.11 Å². The van der Waals surface area contributed by atoms with Crippen LogP contribution in [0.15, 0.2) is 91.6 Å². The van der Waals surface area contributed by atoms with E-state index >= 15 is 0 Å². The number of aromatic nitrogens is 3. The summed E-state index contributed by atoms with van der Waals surface area (Å²) in [5.74, 6) is -0.600. The van der Waals surface area contributed by atoms with Gasteiger partial charge in [0.15, 0.2) is 0 Å². The van der Waals surface area contributed by atoms with Gasteiger partial charge in [-0.25, -0.2) is 23.1 Å². The first-order valence-corrected chi connectivity index (χ1v) is 22.7. The van der Waals surface area contributed by atoms with Crippen molar-refractivity contribution in [1.82, 2.24) is 15.0 Å². The highest BCUT2D eigenvalue weighted by Crippen LogP contribution is 2.46. The first-order valence-electron chi connectivity index (χ1n) is 16.0. The summed E-state index contributed by atoms with van der Waals surface area (Å²) in [5.41, 5.74) is 6.62. The van der Waals surface area contributed by atoms with Crippen LogP contribution >= 0.6 is 35.7 Å². The molecule has 1 aromatic heterocycles. The maximum Gasteiger partial charge on any atom is 0.397 e. The number of nitrogens with two attached hydrogens (primary N) is 1. The lowest BCUT2D eigenvalue weighted by Crippen LogP contribution is -2.19. The normalized spacial score (nSPS) is 12.1. The van der Waals surface area contributed by atoms with Gasteiger partial charge in [-0.15, -0.1) is 18.9 Å². The van der Waals surface area contributed by atoms with Crippen LogP contribution in [0.5, 0.6) is 5.75 Å². The van der Waals surface area contributed by atoms with Gasteiger partial charge in [0.05, 0.1) is 52.4 Å². The highest BCUT2D eigenvalue weighted by atomic mass is 35.5. The molecule has 0 aliphatic carbocycles. The van der Waals surface area contributed by atoms with Crippen LogP contribution in [0.4, 0.5) is 40.3 Å². The molecule has 0 bridgehead atoms. The number of nitrogen functional groups attached to an aromatic ring is 1. The van der Waals surface area contributed by atoms with Crippen molar-refractivity contribution in [3.8, 4) is 5.75 Å². The number of nitrogens with zero attached hydrogens (tertiary/aromatic N) is 6. The van der Waals surface area contributed by atoms with Crippen LogP contribution in [-0.2, 0) is 53.3 Å².